The predicted molar refractivity (Wildman–Crippen MR) is 171 cm³/mol. The molecule has 4 unspecified atom stereocenters. The van der Waals surface area contributed by atoms with Gasteiger partial charge in [-0.15, -0.1) is 0 Å². The van der Waals surface area contributed by atoms with Crippen molar-refractivity contribution in [1.29, 1.82) is 0 Å². The van der Waals surface area contributed by atoms with E-state index in [4.69, 9.17) is 18.9 Å². The van der Waals surface area contributed by atoms with E-state index in [1.54, 1.807) is 19.1 Å². The molecule has 8 nitrogen and oxygen atoms in total. The Balaban J connectivity index is 1.51. The van der Waals surface area contributed by atoms with Crippen LogP contribution in [0.15, 0.2) is 47.3 Å². The lowest BCUT2D eigenvalue weighted by atomic mass is 9.51. The van der Waals surface area contributed by atoms with Gasteiger partial charge in [-0.05, 0) is 92.6 Å². The van der Waals surface area contributed by atoms with Gasteiger partial charge in [0.1, 0.15) is 34.2 Å². The second kappa shape index (κ2) is 9.93. The summed E-state index contributed by atoms with van der Waals surface area (Å²) in [6.07, 6.45) is 8.89. The molecule has 1 aromatic rings. The molecular formula is C38H44O8. The normalized spacial score (nSPS) is 36.0. The van der Waals surface area contributed by atoms with Crippen LogP contribution in [0, 0.1) is 17.8 Å². The molecule has 7 atom stereocenters. The van der Waals surface area contributed by atoms with Crippen LogP contribution < -0.4 is 9.47 Å². The van der Waals surface area contributed by atoms with Crippen LogP contribution in [0.25, 0.3) is 0 Å². The molecular weight excluding hydrogens is 584 g/mol. The molecule has 2 saturated carbocycles. The minimum atomic E-state index is -1.54. The quantitative estimate of drug-likeness (QED) is 0.196. The van der Waals surface area contributed by atoms with E-state index in [1.165, 1.54) is 0 Å². The van der Waals surface area contributed by atoms with Gasteiger partial charge in [0, 0.05) is 40.9 Å². The van der Waals surface area contributed by atoms with Crippen LogP contribution in [0.5, 0.6) is 17.2 Å². The number of carbonyl (C=O) groups is 3. The zero-order chi connectivity index (χ0) is 33.1. The maximum absolute atomic E-state index is 15.0. The van der Waals surface area contributed by atoms with E-state index in [-0.39, 0.29) is 52.8 Å². The highest BCUT2D eigenvalue weighted by molar-refractivity contribution is 6.18. The fourth-order valence-corrected chi connectivity index (χ4v) is 9.68. The largest absolute Gasteiger partial charge is 0.507 e. The number of benzene rings is 1. The molecule has 3 fully saturated rings. The average Bonchev–Trinajstić information content (AvgIpc) is 3.12. The van der Waals surface area contributed by atoms with E-state index in [1.807, 2.05) is 34.6 Å². The predicted octanol–water partition coefficient (Wildman–Crippen LogP) is 6.99. The molecule has 0 aromatic heterocycles. The Morgan fingerprint density at radius 2 is 1.85 bits per heavy atom. The molecule has 1 saturated heterocycles. The minimum Gasteiger partial charge on any atom is -0.507 e. The van der Waals surface area contributed by atoms with Crippen molar-refractivity contribution in [2.75, 3.05) is 0 Å². The van der Waals surface area contributed by atoms with Gasteiger partial charge in [0.2, 0.25) is 0 Å². The Morgan fingerprint density at radius 1 is 1.11 bits per heavy atom. The maximum Gasteiger partial charge on any atom is 0.298 e. The lowest BCUT2D eigenvalue weighted by molar-refractivity contribution is -0.171. The minimum absolute atomic E-state index is 0.0546. The first-order valence-electron chi connectivity index (χ1n) is 16.5. The van der Waals surface area contributed by atoms with E-state index >= 15 is 0 Å². The second-order valence-corrected chi connectivity index (χ2v) is 15.4. The number of fused-ring (bicyclic) bond motifs is 5. The van der Waals surface area contributed by atoms with Crippen LogP contribution in [0.4, 0.5) is 0 Å². The van der Waals surface area contributed by atoms with E-state index in [0.29, 0.717) is 53.9 Å². The third-order valence-corrected chi connectivity index (χ3v) is 11.7. The summed E-state index contributed by atoms with van der Waals surface area (Å²) >= 11 is 0. The van der Waals surface area contributed by atoms with Crippen molar-refractivity contribution in [2.45, 2.75) is 115 Å². The molecule has 46 heavy (non-hydrogen) atoms. The van der Waals surface area contributed by atoms with Crippen molar-refractivity contribution in [3.05, 3.63) is 64.0 Å². The highest BCUT2D eigenvalue weighted by Crippen LogP contribution is 2.69. The first-order valence-corrected chi connectivity index (χ1v) is 16.5. The van der Waals surface area contributed by atoms with E-state index < -0.39 is 28.3 Å². The molecule has 4 aliphatic carbocycles. The van der Waals surface area contributed by atoms with E-state index in [0.717, 1.165) is 24.0 Å². The Hall–Kier alpha value is -3.65. The maximum atomic E-state index is 15.0. The highest BCUT2D eigenvalue weighted by atomic mass is 16.6. The van der Waals surface area contributed by atoms with Gasteiger partial charge in [-0.2, -0.15) is 0 Å². The van der Waals surface area contributed by atoms with Gasteiger partial charge >= 0.3 is 0 Å². The van der Waals surface area contributed by atoms with Crippen molar-refractivity contribution < 1.29 is 38.4 Å². The van der Waals surface area contributed by atoms with E-state index in [9.17, 15) is 19.5 Å². The summed E-state index contributed by atoms with van der Waals surface area (Å²) in [6.45, 7) is 18.4. The molecule has 1 N–H and O–H groups in total. The molecule has 1 aromatic carbocycles. The lowest BCUT2D eigenvalue weighted by Gasteiger charge is -2.56. The molecule has 7 aliphatic rings. The standard InChI is InChI=1S/C38H44O8/c1-19(2)9-10-24-32-28(25-17-36(8,44-32)13-12-23(25)20(3)4)31(41)29-30(40)26-15-22-16-27-35(6,7)46-37(34(22)42,14-11-21(5)43-18-39)38(26,27)45-33(24)29/h9,11,15,18,22-23,25,27,41H,3,10,12-14,16-17H2,1-2,4-8H3/b21-11-/t22?,23?,25-,27?,36-,37?,38-/m1/s1. The third kappa shape index (κ3) is 3.91. The molecule has 3 heterocycles. The number of rotatable bonds is 7. The zero-order valence-corrected chi connectivity index (χ0v) is 27.9. The molecule has 0 amide bonds. The molecule has 3 aliphatic heterocycles. The van der Waals surface area contributed by atoms with Crippen LogP contribution in [0.3, 0.4) is 0 Å². The summed E-state index contributed by atoms with van der Waals surface area (Å²) in [7, 11) is 0. The Bertz CT molecular complexity index is 1700. The number of Topliss-reactive ketones (excluding diaryl/α,β-unsaturated/α-hetero) is 2. The molecule has 0 radical (unpaired) electrons. The summed E-state index contributed by atoms with van der Waals surface area (Å²) in [6, 6.07) is 0. The van der Waals surface area contributed by atoms with Crippen molar-refractivity contribution in [1.82, 2.24) is 0 Å². The first-order chi connectivity index (χ1) is 21.6. The average molecular weight is 629 g/mol. The summed E-state index contributed by atoms with van der Waals surface area (Å²) in [5.74, 6) is -0.231. The topological polar surface area (TPSA) is 108 Å². The zero-order valence-electron chi connectivity index (χ0n) is 27.9. The molecule has 8 rings (SSSR count). The molecule has 1 spiro atoms. The number of hydrogen-bond donors (Lipinski definition) is 1. The fraction of sp³-hybridized carbons (Fsp3) is 0.553. The van der Waals surface area contributed by atoms with Crippen LogP contribution in [-0.2, 0) is 25.5 Å². The van der Waals surface area contributed by atoms with Crippen molar-refractivity contribution in [2.24, 2.45) is 17.8 Å². The van der Waals surface area contributed by atoms with Gasteiger partial charge in [-0.1, -0.05) is 29.9 Å². The number of ketones is 2. The smallest absolute Gasteiger partial charge is 0.298 e. The van der Waals surface area contributed by atoms with Gasteiger partial charge in [0.05, 0.1) is 5.60 Å². The number of carbonyl (C=O) groups excluding carboxylic acids is 3. The van der Waals surface area contributed by atoms with Gasteiger partial charge < -0.3 is 24.1 Å². The van der Waals surface area contributed by atoms with Gasteiger partial charge in [-0.25, -0.2) is 0 Å². The number of aromatic hydroxyl groups is 1. The fourth-order valence-electron chi connectivity index (χ4n) is 9.68. The number of phenols is 1. The van der Waals surface area contributed by atoms with Crippen LogP contribution in [0.1, 0.15) is 108 Å². The van der Waals surface area contributed by atoms with Crippen LogP contribution in [-0.4, -0.2) is 45.5 Å². The molecule has 6 bridgehead atoms. The highest BCUT2D eigenvalue weighted by Gasteiger charge is 2.81. The Labute approximate surface area is 270 Å². The number of phenolic OH excluding ortho intramolecular Hbond substituents is 1. The Kier molecular flexibility index (Phi) is 6.68. The van der Waals surface area contributed by atoms with E-state index in [2.05, 4.69) is 19.6 Å². The van der Waals surface area contributed by atoms with Crippen molar-refractivity contribution >= 4 is 18.0 Å². The SMILES string of the molecule is C=C(C)C1CC[C@]2(C)C[C@H]1c1c(O)c3c(c(CC=C(C)C)c1O2)O[C@]12C(=CC4CC1C(C)(C)OC2(C/C=C(/C)OC=O)C4=O)C3=O. The first kappa shape index (κ1) is 31.0. The lowest BCUT2D eigenvalue weighted by Crippen LogP contribution is -2.72. The van der Waals surface area contributed by atoms with Crippen molar-refractivity contribution in [3.8, 4) is 17.2 Å². The summed E-state index contributed by atoms with van der Waals surface area (Å²) < 4.78 is 26.0. The van der Waals surface area contributed by atoms with Crippen molar-refractivity contribution in [3.63, 3.8) is 0 Å². The molecule has 8 heteroatoms. The number of hydrogen-bond acceptors (Lipinski definition) is 8. The van der Waals surface area contributed by atoms with Gasteiger partial charge in [-0.3, -0.25) is 14.4 Å². The second-order valence-electron chi connectivity index (χ2n) is 15.4. The monoisotopic (exact) mass is 628 g/mol. The number of allylic oxidation sites excluding steroid dienone is 5. The summed E-state index contributed by atoms with van der Waals surface area (Å²) in [4.78, 5) is 40.4. The van der Waals surface area contributed by atoms with Gasteiger partial charge in [0.15, 0.2) is 22.8 Å². The third-order valence-electron chi connectivity index (χ3n) is 11.7. The van der Waals surface area contributed by atoms with Crippen LogP contribution >= 0.6 is 0 Å². The van der Waals surface area contributed by atoms with Crippen LogP contribution in [0.2, 0.25) is 0 Å². The molecule has 244 valence electrons. The Morgan fingerprint density at radius 3 is 2.52 bits per heavy atom. The summed E-state index contributed by atoms with van der Waals surface area (Å²) in [5.41, 5.74) is -0.259. The summed E-state index contributed by atoms with van der Waals surface area (Å²) in [5, 5.41) is 12.2. The number of ether oxygens (including phenoxy) is 4. The van der Waals surface area contributed by atoms with Gasteiger partial charge in [0.25, 0.3) is 6.47 Å².